The largest absolute Gasteiger partial charge is 0.457 e. The van der Waals surface area contributed by atoms with Crippen LogP contribution in [0.4, 0.5) is 0 Å². The zero-order valence-corrected chi connectivity index (χ0v) is 19.5. The first-order valence-electron chi connectivity index (χ1n) is 11.9. The van der Waals surface area contributed by atoms with E-state index in [1.54, 1.807) is 6.08 Å². The number of Topliss-reactive ketones (excluding diaryl/α,β-unsaturated/α-hetero) is 1. The van der Waals surface area contributed by atoms with E-state index >= 15 is 0 Å². The minimum atomic E-state index is -0.518. The number of carbonyl (C=O) groups excluding carboxylic acids is 3. The molecule has 4 aliphatic rings. The van der Waals surface area contributed by atoms with Crippen LogP contribution in [0.15, 0.2) is 30.3 Å². The van der Waals surface area contributed by atoms with Gasteiger partial charge in [0.25, 0.3) is 0 Å². The second kappa shape index (κ2) is 8.84. The summed E-state index contributed by atoms with van der Waals surface area (Å²) in [6.45, 7) is 5.64. The van der Waals surface area contributed by atoms with Crippen molar-refractivity contribution in [1.82, 2.24) is 5.32 Å². The first kappa shape index (κ1) is 22.8. The third-order valence-electron chi connectivity index (χ3n) is 7.24. The Bertz CT molecular complexity index is 871. The summed E-state index contributed by atoms with van der Waals surface area (Å²) >= 11 is 0. The second-order valence-corrected chi connectivity index (χ2v) is 11.2. The molecule has 172 valence electrons. The van der Waals surface area contributed by atoms with E-state index in [1.165, 1.54) is 25.3 Å². The van der Waals surface area contributed by atoms with Gasteiger partial charge in [0, 0.05) is 11.5 Å². The summed E-state index contributed by atoms with van der Waals surface area (Å²) in [6, 6.07) is 7.47. The van der Waals surface area contributed by atoms with E-state index in [4.69, 9.17) is 4.74 Å². The molecule has 32 heavy (non-hydrogen) atoms. The van der Waals surface area contributed by atoms with E-state index in [-0.39, 0.29) is 36.0 Å². The number of benzene rings is 1. The van der Waals surface area contributed by atoms with Crippen LogP contribution in [0.2, 0.25) is 0 Å². The zero-order valence-electron chi connectivity index (χ0n) is 19.5. The van der Waals surface area contributed by atoms with E-state index in [0.717, 1.165) is 48.1 Å². The molecule has 1 N–H and O–H groups in total. The molecule has 4 saturated carbocycles. The van der Waals surface area contributed by atoms with Crippen molar-refractivity contribution < 1.29 is 19.1 Å². The average Bonchev–Trinajstić information content (AvgIpc) is 2.69. The Kier molecular flexibility index (Phi) is 6.28. The number of hydrogen-bond acceptors (Lipinski definition) is 4. The number of amides is 1. The maximum absolute atomic E-state index is 13.1. The molecule has 0 unspecified atom stereocenters. The summed E-state index contributed by atoms with van der Waals surface area (Å²) in [5.74, 6) is 1.91. The predicted octanol–water partition coefficient (Wildman–Crippen LogP) is 4.49. The van der Waals surface area contributed by atoms with E-state index in [1.807, 2.05) is 45.0 Å². The average molecular weight is 438 g/mol. The molecule has 0 spiro atoms. The molecule has 4 fully saturated rings. The molecule has 0 atom stereocenters. The molecule has 0 saturated heterocycles. The molecule has 1 amide bonds. The van der Waals surface area contributed by atoms with E-state index in [2.05, 4.69) is 5.32 Å². The SMILES string of the molecule is CC(C)(C)OC(=O)/C=C/c1ccc(CC(=O)NCC(=O)C23CC4CC(CC(C4)C2)C3)cc1. The Balaban J connectivity index is 1.25. The first-order chi connectivity index (χ1) is 15.1. The van der Waals surface area contributed by atoms with Gasteiger partial charge in [0.05, 0.1) is 13.0 Å². The molecule has 5 heteroatoms. The molecular formula is C27H35NO4. The van der Waals surface area contributed by atoms with Crippen LogP contribution < -0.4 is 5.32 Å². The highest BCUT2D eigenvalue weighted by Crippen LogP contribution is 2.60. The lowest BCUT2D eigenvalue weighted by Gasteiger charge is -2.56. The van der Waals surface area contributed by atoms with Crippen molar-refractivity contribution >= 4 is 23.7 Å². The molecule has 0 radical (unpaired) electrons. The molecule has 4 aliphatic carbocycles. The van der Waals surface area contributed by atoms with Gasteiger partial charge in [-0.3, -0.25) is 9.59 Å². The van der Waals surface area contributed by atoms with Gasteiger partial charge in [0.1, 0.15) is 5.60 Å². The molecule has 5 nitrogen and oxygen atoms in total. The fourth-order valence-electron chi connectivity index (χ4n) is 6.31. The lowest BCUT2D eigenvalue weighted by Crippen LogP contribution is -2.52. The molecule has 0 aliphatic heterocycles. The van der Waals surface area contributed by atoms with Gasteiger partial charge >= 0.3 is 5.97 Å². The van der Waals surface area contributed by atoms with Crippen LogP contribution in [0.1, 0.15) is 70.4 Å². The fraction of sp³-hybridized carbons (Fsp3) is 0.593. The first-order valence-corrected chi connectivity index (χ1v) is 11.9. The number of nitrogens with one attached hydrogen (secondary N) is 1. The van der Waals surface area contributed by atoms with Gasteiger partial charge in [-0.1, -0.05) is 24.3 Å². The van der Waals surface area contributed by atoms with Crippen LogP contribution >= 0.6 is 0 Å². The summed E-state index contributed by atoms with van der Waals surface area (Å²) in [7, 11) is 0. The van der Waals surface area contributed by atoms with Crippen molar-refractivity contribution in [2.75, 3.05) is 6.54 Å². The minimum absolute atomic E-state index is 0.125. The summed E-state index contributed by atoms with van der Waals surface area (Å²) < 4.78 is 5.25. The normalized spacial score (nSPS) is 28.7. The van der Waals surface area contributed by atoms with Crippen LogP contribution in [-0.2, 0) is 25.5 Å². The summed E-state index contributed by atoms with van der Waals surface area (Å²) in [5, 5.41) is 2.87. The highest BCUT2D eigenvalue weighted by Gasteiger charge is 2.54. The van der Waals surface area contributed by atoms with Gasteiger partial charge in [-0.05, 0) is 94.3 Å². The van der Waals surface area contributed by atoms with E-state index in [0.29, 0.717) is 0 Å². The molecule has 0 heterocycles. The van der Waals surface area contributed by atoms with Crippen LogP contribution in [-0.4, -0.2) is 29.8 Å². The molecule has 0 aromatic heterocycles. The topological polar surface area (TPSA) is 72.5 Å². The summed E-state index contributed by atoms with van der Waals surface area (Å²) in [6.07, 6.45) is 10.4. The van der Waals surface area contributed by atoms with Crippen molar-refractivity contribution in [2.45, 2.75) is 71.3 Å². The monoisotopic (exact) mass is 437 g/mol. The van der Waals surface area contributed by atoms with Crippen LogP contribution in [0.25, 0.3) is 6.08 Å². The number of hydrogen-bond donors (Lipinski definition) is 1. The Morgan fingerprint density at radius 1 is 1.00 bits per heavy atom. The standard InChI is InChI=1S/C27H35NO4/c1-26(2,3)32-25(31)9-8-18-4-6-19(7-5-18)13-24(30)28-17-23(29)27-14-20-10-21(15-27)12-22(11-20)16-27/h4-9,20-22H,10-17H2,1-3H3,(H,28,30)/b9-8+. The lowest BCUT2D eigenvalue weighted by molar-refractivity contribution is -0.148. The van der Waals surface area contributed by atoms with Crippen LogP contribution in [0, 0.1) is 23.2 Å². The van der Waals surface area contributed by atoms with Gasteiger partial charge in [-0.25, -0.2) is 4.79 Å². The lowest BCUT2D eigenvalue weighted by atomic mass is 9.48. The smallest absolute Gasteiger partial charge is 0.331 e. The second-order valence-electron chi connectivity index (χ2n) is 11.2. The summed E-state index contributed by atoms with van der Waals surface area (Å²) in [5.41, 5.74) is 1.05. The van der Waals surface area contributed by atoms with Crippen molar-refractivity contribution in [3.8, 4) is 0 Å². The van der Waals surface area contributed by atoms with Crippen molar-refractivity contribution in [1.29, 1.82) is 0 Å². The van der Waals surface area contributed by atoms with Gasteiger partial charge in [0.2, 0.25) is 5.91 Å². The molecular weight excluding hydrogens is 402 g/mol. The number of ether oxygens (including phenoxy) is 1. The Morgan fingerprint density at radius 3 is 2.09 bits per heavy atom. The van der Waals surface area contributed by atoms with Gasteiger partial charge < -0.3 is 10.1 Å². The van der Waals surface area contributed by atoms with Gasteiger partial charge in [0.15, 0.2) is 5.78 Å². The van der Waals surface area contributed by atoms with Gasteiger partial charge in [-0.15, -0.1) is 0 Å². The van der Waals surface area contributed by atoms with Gasteiger partial charge in [-0.2, -0.15) is 0 Å². The molecule has 4 bridgehead atoms. The minimum Gasteiger partial charge on any atom is -0.457 e. The van der Waals surface area contributed by atoms with Crippen molar-refractivity contribution in [3.63, 3.8) is 0 Å². The van der Waals surface area contributed by atoms with E-state index < -0.39 is 5.60 Å². The van der Waals surface area contributed by atoms with Crippen LogP contribution in [0.5, 0.6) is 0 Å². The predicted molar refractivity (Wildman–Crippen MR) is 124 cm³/mol. The number of ketones is 1. The third kappa shape index (κ3) is 5.48. The number of rotatable bonds is 7. The molecule has 1 aromatic carbocycles. The highest BCUT2D eigenvalue weighted by atomic mass is 16.6. The quantitative estimate of drug-likeness (QED) is 0.504. The Labute approximate surface area is 191 Å². The molecule has 5 rings (SSSR count). The maximum Gasteiger partial charge on any atom is 0.331 e. The zero-order chi connectivity index (χ0) is 22.9. The fourth-order valence-corrected chi connectivity index (χ4v) is 6.31. The molecule has 1 aromatic rings. The van der Waals surface area contributed by atoms with Crippen LogP contribution in [0.3, 0.4) is 0 Å². The Morgan fingerprint density at radius 2 is 1.56 bits per heavy atom. The number of carbonyl (C=O) groups is 3. The Hall–Kier alpha value is -2.43. The summed E-state index contributed by atoms with van der Waals surface area (Å²) in [4.78, 5) is 37.3. The maximum atomic E-state index is 13.1. The van der Waals surface area contributed by atoms with E-state index in [9.17, 15) is 14.4 Å². The highest BCUT2D eigenvalue weighted by molar-refractivity contribution is 5.91. The number of esters is 1. The van der Waals surface area contributed by atoms with Crippen molar-refractivity contribution in [2.24, 2.45) is 23.2 Å². The third-order valence-corrected chi connectivity index (χ3v) is 7.24. The van der Waals surface area contributed by atoms with Crippen molar-refractivity contribution in [3.05, 3.63) is 41.5 Å².